The van der Waals surface area contributed by atoms with E-state index in [1.165, 1.54) is 36.1 Å². The van der Waals surface area contributed by atoms with Crippen LogP contribution in [-0.4, -0.2) is 24.7 Å². The SMILES string of the molecule is CC(CC(=O)O)CN(C)c1ccc2c(c1)CCC2. The average molecular weight is 247 g/mol. The molecule has 1 aliphatic carbocycles. The van der Waals surface area contributed by atoms with Crippen LogP contribution in [-0.2, 0) is 17.6 Å². The van der Waals surface area contributed by atoms with Crippen molar-refractivity contribution in [3.05, 3.63) is 29.3 Å². The zero-order valence-corrected chi connectivity index (χ0v) is 11.1. The highest BCUT2D eigenvalue weighted by Gasteiger charge is 2.14. The first-order chi connectivity index (χ1) is 8.56. The van der Waals surface area contributed by atoms with Crippen LogP contribution in [0.1, 0.15) is 30.9 Å². The Labute approximate surface area is 108 Å². The Hall–Kier alpha value is -1.51. The summed E-state index contributed by atoms with van der Waals surface area (Å²) in [4.78, 5) is 12.8. The number of aryl methyl sites for hydroxylation is 2. The van der Waals surface area contributed by atoms with Crippen molar-refractivity contribution in [3.8, 4) is 0 Å². The van der Waals surface area contributed by atoms with Gasteiger partial charge in [0.15, 0.2) is 0 Å². The van der Waals surface area contributed by atoms with Gasteiger partial charge in [-0.15, -0.1) is 0 Å². The Kier molecular flexibility index (Phi) is 3.90. The summed E-state index contributed by atoms with van der Waals surface area (Å²) in [6.45, 7) is 2.77. The summed E-state index contributed by atoms with van der Waals surface area (Å²) in [5.74, 6) is -0.550. The Morgan fingerprint density at radius 3 is 2.83 bits per heavy atom. The predicted octanol–water partition coefficient (Wildman–Crippen LogP) is 2.72. The first-order valence-electron chi connectivity index (χ1n) is 6.61. The van der Waals surface area contributed by atoms with Crippen LogP contribution in [0.15, 0.2) is 18.2 Å². The normalized spacial score (nSPS) is 15.2. The van der Waals surface area contributed by atoms with Gasteiger partial charge in [-0.2, -0.15) is 0 Å². The van der Waals surface area contributed by atoms with Crippen LogP contribution < -0.4 is 4.90 Å². The summed E-state index contributed by atoms with van der Waals surface area (Å²) in [5.41, 5.74) is 4.14. The maximum Gasteiger partial charge on any atom is 0.303 e. The smallest absolute Gasteiger partial charge is 0.303 e. The van der Waals surface area contributed by atoms with Crippen LogP contribution in [0.5, 0.6) is 0 Å². The number of fused-ring (bicyclic) bond motifs is 1. The average Bonchev–Trinajstić information content (AvgIpc) is 2.74. The van der Waals surface area contributed by atoms with E-state index in [0.717, 1.165) is 6.54 Å². The highest BCUT2D eigenvalue weighted by Crippen LogP contribution is 2.26. The van der Waals surface area contributed by atoms with Crippen molar-refractivity contribution in [1.82, 2.24) is 0 Å². The second kappa shape index (κ2) is 5.42. The van der Waals surface area contributed by atoms with E-state index >= 15 is 0 Å². The highest BCUT2D eigenvalue weighted by atomic mass is 16.4. The molecule has 0 fully saturated rings. The Morgan fingerprint density at radius 1 is 1.39 bits per heavy atom. The van der Waals surface area contributed by atoms with Gasteiger partial charge in [-0.05, 0) is 48.4 Å². The number of hydrogen-bond acceptors (Lipinski definition) is 2. The van der Waals surface area contributed by atoms with Gasteiger partial charge in [0.1, 0.15) is 0 Å². The van der Waals surface area contributed by atoms with Crippen molar-refractivity contribution < 1.29 is 9.90 Å². The van der Waals surface area contributed by atoms with Crippen LogP contribution >= 0.6 is 0 Å². The number of rotatable bonds is 5. The van der Waals surface area contributed by atoms with Gasteiger partial charge in [-0.1, -0.05) is 13.0 Å². The minimum Gasteiger partial charge on any atom is -0.481 e. The third-order valence-corrected chi connectivity index (χ3v) is 3.63. The zero-order valence-electron chi connectivity index (χ0n) is 11.1. The number of carbonyl (C=O) groups is 1. The van der Waals surface area contributed by atoms with Gasteiger partial charge < -0.3 is 10.0 Å². The van der Waals surface area contributed by atoms with Crippen molar-refractivity contribution in [1.29, 1.82) is 0 Å². The van der Waals surface area contributed by atoms with E-state index in [1.54, 1.807) is 0 Å². The van der Waals surface area contributed by atoms with E-state index in [0.29, 0.717) is 0 Å². The fourth-order valence-electron chi connectivity index (χ4n) is 2.73. The third kappa shape index (κ3) is 3.03. The van der Waals surface area contributed by atoms with E-state index in [9.17, 15) is 4.79 Å². The maximum absolute atomic E-state index is 10.7. The van der Waals surface area contributed by atoms with Crippen molar-refractivity contribution in [2.24, 2.45) is 5.92 Å². The van der Waals surface area contributed by atoms with Crippen molar-refractivity contribution in [3.63, 3.8) is 0 Å². The monoisotopic (exact) mass is 247 g/mol. The molecule has 1 aromatic carbocycles. The molecule has 3 nitrogen and oxygen atoms in total. The van der Waals surface area contributed by atoms with Crippen molar-refractivity contribution in [2.75, 3.05) is 18.5 Å². The Balaban J connectivity index is 2.00. The van der Waals surface area contributed by atoms with Gasteiger partial charge in [-0.25, -0.2) is 0 Å². The summed E-state index contributed by atoms with van der Waals surface area (Å²) in [7, 11) is 2.04. The molecule has 0 saturated carbocycles. The number of carboxylic acid groups (broad SMARTS) is 1. The summed E-state index contributed by atoms with van der Waals surface area (Å²) >= 11 is 0. The molecule has 0 amide bonds. The fourth-order valence-corrected chi connectivity index (χ4v) is 2.73. The van der Waals surface area contributed by atoms with Gasteiger partial charge in [-0.3, -0.25) is 4.79 Å². The molecule has 0 radical (unpaired) electrons. The molecule has 18 heavy (non-hydrogen) atoms. The molecule has 0 aliphatic heterocycles. The van der Waals surface area contributed by atoms with Crippen molar-refractivity contribution in [2.45, 2.75) is 32.6 Å². The van der Waals surface area contributed by atoms with Gasteiger partial charge in [0.2, 0.25) is 0 Å². The molecular formula is C15H21NO2. The van der Waals surface area contributed by atoms with Crippen LogP contribution in [0.2, 0.25) is 0 Å². The Morgan fingerprint density at radius 2 is 2.11 bits per heavy atom. The molecule has 2 rings (SSSR count). The molecule has 0 saturated heterocycles. The molecule has 1 unspecified atom stereocenters. The van der Waals surface area contributed by atoms with Crippen LogP contribution in [0.25, 0.3) is 0 Å². The van der Waals surface area contributed by atoms with Crippen LogP contribution in [0.4, 0.5) is 5.69 Å². The van der Waals surface area contributed by atoms with Crippen molar-refractivity contribution >= 4 is 11.7 Å². The molecular weight excluding hydrogens is 226 g/mol. The number of hydrogen-bond donors (Lipinski definition) is 1. The molecule has 0 heterocycles. The number of aliphatic carboxylic acids is 1. The molecule has 1 atom stereocenters. The minimum atomic E-state index is -0.718. The van der Waals surface area contributed by atoms with E-state index in [-0.39, 0.29) is 12.3 Å². The number of benzene rings is 1. The third-order valence-electron chi connectivity index (χ3n) is 3.63. The van der Waals surface area contributed by atoms with E-state index in [1.807, 2.05) is 14.0 Å². The molecule has 0 bridgehead atoms. The van der Waals surface area contributed by atoms with Gasteiger partial charge in [0.25, 0.3) is 0 Å². The quantitative estimate of drug-likeness (QED) is 0.869. The first kappa shape index (κ1) is 12.9. The molecule has 1 aromatic rings. The standard InChI is InChI=1S/C15H21NO2/c1-11(8-15(17)18)10-16(2)14-7-6-12-4-3-5-13(12)9-14/h6-7,9,11H,3-5,8,10H2,1-2H3,(H,17,18). The lowest BCUT2D eigenvalue weighted by molar-refractivity contribution is -0.137. The molecule has 98 valence electrons. The number of nitrogens with zero attached hydrogens (tertiary/aromatic N) is 1. The molecule has 0 spiro atoms. The lowest BCUT2D eigenvalue weighted by atomic mass is 10.1. The fraction of sp³-hybridized carbons (Fsp3) is 0.533. The summed E-state index contributed by atoms with van der Waals surface area (Å²) in [5, 5.41) is 8.78. The summed E-state index contributed by atoms with van der Waals surface area (Å²) in [6, 6.07) is 6.63. The second-order valence-corrected chi connectivity index (χ2v) is 5.39. The Bertz CT molecular complexity index is 442. The first-order valence-corrected chi connectivity index (χ1v) is 6.61. The van der Waals surface area contributed by atoms with Gasteiger partial charge in [0.05, 0.1) is 0 Å². The lowest BCUT2D eigenvalue weighted by Gasteiger charge is -2.23. The second-order valence-electron chi connectivity index (χ2n) is 5.39. The number of anilines is 1. The minimum absolute atomic E-state index is 0.167. The summed E-state index contributed by atoms with van der Waals surface area (Å²) in [6.07, 6.45) is 3.88. The van der Waals surface area contributed by atoms with E-state index in [4.69, 9.17) is 5.11 Å². The molecule has 0 aromatic heterocycles. The van der Waals surface area contributed by atoms with E-state index in [2.05, 4.69) is 23.1 Å². The topological polar surface area (TPSA) is 40.5 Å². The molecule has 1 aliphatic rings. The van der Waals surface area contributed by atoms with Gasteiger partial charge >= 0.3 is 5.97 Å². The van der Waals surface area contributed by atoms with Gasteiger partial charge in [0, 0.05) is 25.7 Å². The maximum atomic E-state index is 10.7. The predicted molar refractivity (Wildman–Crippen MR) is 73.2 cm³/mol. The largest absolute Gasteiger partial charge is 0.481 e. The lowest BCUT2D eigenvalue weighted by Crippen LogP contribution is -2.25. The summed E-state index contributed by atoms with van der Waals surface area (Å²) < 4.78 is 0. The number of carboxylic acids is 1. The highest BCUT2D eigenvalue weighted by molar-refractivity contribution is 5.67. The molecule has 3 heteroatoms. The van der Waals surface area contributed by atoms with E-state index < -0.39 is 5.97 Å². The van der Waals surface area contributed by atoms with Crippen LogP contribution in [0, 0.1) is 5.92 Å². The van der Waals surface area contributed by atoms with Crippen LogP contribution in [0.3, 0.4) is 0 Å². The zero-order chi connectivity index (χ0) is 13.1. The molecule has 1 N–H and O–H groups in total.